The van der Waals surface area contributed by atoms with Crippen LogP contribution in [0, 0.1) is 12.7 Å². The van der Waals surface area contributed by atoms with E-state index in [4.69, 9.17) is 4.74 Å². The number of benzene rings is 3. The molecule has 3 aromatic rings. The molecule has 2 amide bonds. The second-order valence-corrected chi connectivity index (χ2v) is 8.65. The molecule has 0 aliphatic carbocycles. The van der Waals surface area contributed by atoms with Gasteiger partial charge in [0.25, 0.3) is 5.91 Å². The molecule has 2 atom stereocenters. The van der Waals surface area contributed by atoms with Gasteiger partial charge in [-0.1, -0.05) is 42.8 Å². The van der Waals surface area contributed by atoms with Gasteiger partial charge in [-0.05, 0) is 72.9 Å². The predicted octanol–water partition coefficient (Wildman–Crippen LogP) is 5.42. The number of carbonyl (C=O) groups is 2. The van der Waals surface area contributed by atoms with E-state index in [1.807, 2.05) is 56.3 Å². The van der Waals surface area contributed by atoms with Crippen LogP contribution in [0.25, 0.3) is 0 Å². The van der Waals surface area contributed by atoms with Crippen molar-refractivity contribution in [2.24, 2.45) is 0 Å². The maximum atomic E-state index is 13.6. The fourth-order valence-electron chi connectivity index (χ4n) is 4.36. The van der Waals surface area contributed by atoms with Crippen molar-refractivity contribution in [3.8, 4) is 5.75 Å². The minimum Gasteiger partial charge on any atom is -0.481 e. The van der Waals surface area contributed by atoms with E-state index in [0.29, 0.717) is 18.7 Å². The summed E-state index contributed by atoms with van der Waals surface area (Å²) in [6.07, 6.45) is 0.546. The molecule has 0 spiro atoms. The maximum Gasteiger partial charge on any atom is 0.265 e. The Kier molecular flexibility index (Phi) is 6.96. The van der Waals surface area contributed by atoms with Gasteiger partial charge in [-0.25, -0.2) is 4.39 Å². The molecule has 0 bridgehead atoms. The molecular weight excluding hydrogens is 431 g/mol. The summed E-state index contributed by atoms with van der Waals surface area (Å²) >= 11 is 0. The summed E-state index contributed by atoms with van der Waals surface area (Å²) in [6.45, 7) is 6.02. The first kappa shape index (κ1) is 23.5. The number of carbonyl (C=O) groups excluding carboxylic acids is 2. The summed E-state index contributed by atoms with van der Waals surface area (Å²) in [6, 6.07) is 19.3. The van der Waals surface area contributed by atoms with E-state index in [2.05, 4.69) is 5.32 Å². The van der Waals surface area contributed by atoms with E-state index in [9.17, 15) is 14.0 Å². The summed E-state index contributed by atoms with van der Waals surface area (Å²) in [5.41, 5.74) is 4.71. The second kappa shape index (κ2) is 10.1. The highest BCUT2D eigenvalue weighted by Gasteiger charge is 2.31. The first-order valence-electron chi connectivity index (χ1n) is 11.6. The Morgan fingerprint density at radius 2 is 1.79 bits per heavy atom. The van der Waals surface area contributed by atoms with Gasteiger partial charge < -0.3 is 15.0 Å². The lowest BCUT2D eigenvalue weighted by Gasteiger charge is -2.37. The van der Waals surface area contributed by atoms with Gasteiger partial charge in [0.2, 0.25) is 5.91 Å². The standard InChI is InChI=1S/C28H29FN2O3/c1-4-26(28(33)30-23-12-5-18(2)6-13-23)34-24-14-9-20-15-16-31(19(3)32)27(25(20)17-24)21-7-10-22(29)11-8-21/h5-14,17,26-27H,4,15-16H2,1-3H3,(H,30,33). The first-order chi connectivity index (χ1) is 16.4. The number of hydrogen-bond donors (Lipinski definition) is 1. The fraction of sp³-hybridized carbons (Fsp3) is 0.286. The number of aryl methyl sites for hydroxylation is 1. The smallest absolute Gasteiger partial charge is 0.265 e. The highest BCUT2D eigenvalue weighted by atomic mass is 19.1. The largest absolute Gasteiger partial charge is 0.481 e. The van der Waals surface area contributed by atoms with Crippen LogP contribution >= 0.6 is 0 Å². The van der Waals surface area contributed by atoms with Crippen molar-refractivity contribution in [3.63, 3.8) is 0 Å². The van der Waals surface area contributed by atoms with Crippen molar-refractivity contribution >= 4 is 17.5 Å². The molecule has 1 aliphatic heterocycles. The zero-order valence-corrected chi connectivity index (χ0v) is 19.7. The number of amides is 2. The number of nitrogens with one attached hydrogen (secondary N) is 1. The summed E-state index contributed by atoms with van der Waals surface area (Å²) in [5.74, 6) is -0.0292. The van der Waals surface area contributed by atoms with Gasteiger partial charge in [0.05, 0.1) is 6.04 Å². The molecule has 1 heterocycles. The quantitative estimate of drug-likeness (QED) is 0.534. The number of nitrogens with zero attached hydrogens (tertiary/aromatic N) is 1. The van der Waals surface area contributed by atoms with Crippen molar-refractivity contribution in [2.45, 2.75) is 45.8 Å². The van der Waals surface area contributed by atoms with Gasteiger partial charge in [0.1, 0.15) is 11.6 Å². The summed E-state index contributed by atoms with van der Waals surface area (Å²) < 4.78 is 19.7. The van der Waals surface area contributed by atoms with Crippen LogP contribution in [0.4, 0.5) is 10.1 Å². The number of halogens is 1. The molecule has 2 unspecified atom stereocenters. The lowest BCUT2D eigenvalue weighted by molar-refractivity contribution is -0.130. The van der Waals surface area contributed by atoms with Gasteiger partial charge in [-0.15, -0.1) is 0 Å². The summed E-state index contributed by atoms with van der Waals surface area (Å²) in [4.78, 5) is 27.1. The Balaban J connectivity index is 1.60. The topological polar surface area (TPSA) is 58.6 Å². The van der Waals surface area contributed by atoms with Crippen LogP contribution in [0.5, 0.6) is 5.75 Å². The minimum absolute atomic E-state index is 0.0461. The average molecular weight is 461 g/mol. The highest BCUT2D eigenvalue weighted by Crippen LogP contribution is 2.37. The molecule has 6 heteroatoms. The normalized spacial score (nSPS) is 15.9. The van der Waals surface area contributed by atoms with Crippen molar-refractivity contribution in [3.05, 3.63) is 94.8 Å². The highest BCUT2D eigenvalue weighted by molar-refractivity contribution is 5.94. The van der Waals surface area contributed by atoms with E-state index in [1.54, 1.807) is 24.0 Å². The number of ether oxygens (including phenoxy) is 1. The predicted molar refractivity (Wildman–Crippen MR) is 130 cm³/mol. The molecule has 4 rings (SSSR count). The van der Waals surface area contributed by atoms with Crippen LogP contribution in [0.15, 0.2) is 66.7 Å². The molecule has 0 fully saturated rings. The van der Waals surface area contributed by atoms with Gasteiger partial charge in [0, 0.05) is 19.2 Å². The molecular formula is C28H29FN2O3. The van der Waals surface area contributed by atoms with Crippen LogP contribution in [-0.2, 0) is 16.0 Å². The SMILES string of the molecule is CCC(Oc1ccc2c(c1)C(c1ccc(F)cc1)N(C(C)=O)CC2)C(=O)Nc1ccc(C)cc1. The zero-order valence-electron chi connectivity index (χ0n) is 19.7. The Morgan fingerprint density at radius 1 is 1.09 bits per heavy atom. The van der Waals surface area contributed by atoms with E-state index in [-0.39, 0.29) is 23.7 Å². The van der Waals surface area contributed by atoms with E-state index in [1.165, 1.54) is 12.1 Å². The Hall–Kier alpha value is -3.67. The summed E-state index contributed by atoms with van der Waals surface area (Å²) in [5, 5.41) is 2.91. The van der Waals surface area contributed by atoms with Gasteiger partial charge in [0.15, 0.2) is 6.10 Å². The Bertz CT molecular complexity index is 1180. The Labute approximate surface area is 199 Å². The molecule has 1 aliphatic rings. The fourth-order valence-corrected chi connectivity index (χ4v) is 4.36. The molecule has 0 saturated carbocycles. The number of rotatable bonds is 6. The minimum atomic E-state index is -0.670. The van der Waals surface area contributed by atoms with Gasteiger partial charge in [-0.2, -0.15) is 0 Å². The van der Waals surface area contributed by atoms with Crippen LogP contribution in [0.1, 0.15) is 48.6 Å². The lowest BCUT2D eigenvalue weighted by Crippen LogP contribution is -2.39. The van der Waals surface area contributed by atoms with Crippen LogP contribution in [0.3, 0.4) is 0 Å². The maximum absolute atomic E-state index is 13.6. The third-order valence-corrected chi connectivity index (χ3v) is 6.20. The van der Waals surface area contributed by atoms with Crippen molar-refractivity contribution in [1.29, 1.82) is 0 Å². The molecule has 3 aromatic carbocycles. The Morgan fingerprint density at radius 3 is 2.44 bits per heavy atom. The van der Waals surface area contributed by atoms with Crippen LogP contribution in [-0.4, -0.2) is 29.4 Å². The monoisotopic (exact) mass is 460 g/mol. The third kappa shape index (κ3) is 5.11. The van der Waals surface area contributed by atoms with Crippen molar-refractivity contribution in [2.75, 3.05) is 11.9 Å². The van der Waals surface area contributed by atoms with Crippen molar-refractivity contribution in [1.82, 2.24) is 4.90 Å². The molecule has 34 heavy (non-hydrogen) atoms. The summed E-state index contributed by atoms with van der Waals surface area (Å²) in [7, 11) is 0. The van der Waals surface area contributed by atoms with Gasteiger partial charge >= 0.3 is 0 Å². The molecule has 5 nitrogen and oxygen atoms in total. The molecule has 0 saturated heterocycles. The van der Waals surface area contributed by atoms with E-state index in [0.717, 1.165) is 34.4 Å². The second-order valence-electron chi connectivity index (χ2n) is 8.65. The molecule has 1 N–H and O–H groups in total. The molecule has 0 radical (unpaired) electrons. The first-order valence-corrected chi connectivity index (χ1v) is 11.6. The average Bonchev–Trinajstić information content (AvgIpc) is 2.83. The van der Waals surface area contributed by atoms with E-state index < -0.39 is 6.10 Å². The molecule has 0 aromatic heterocycles. The van der Waals surface area contributed by atoms with Crippen LogP contribution < -0.4 is 10.1 Å². The zero-order chi connectivity index (χ0) is 24.2. The van der Waals surface area contributed by atoms with Gasteiger partial charge in [-0.3, -0.25) is 9.59 Å². The number of fused-ring (bicyclic) bond motifs is 1. The van der Waals surface area contributed by atoms with Crippen LogP contribution in [0.2, 0.25) is 0 Å². The third-order valence-electron chi connectivity index (χ3n) is 6.20. The lowest BCUT2D eigenvalue weighted by atomic mass is 9.88. The van der Waals surface area contributed by atoms with Crippen molar-refractivity contribution < 1.29 is 18.7 Å². The number of anilines is 1. The number of hydrogen-bond acceptors (Lipinski definition) is 3. The molecule has 176 valence electrons. The van der Waals surface area contributed by atoms with E-state index >= 15 is 0 Å².